The topological polar surface area (TPSA) is 80.9 Å². The van der Waals surface area contributed by atoms with Crippen LogP contribution in [0.2, 0.25) is 0 Å². The van der Waals surface area contributed by atoms with Crippen LogP contribution < -0.4 is 0 Å². The average Bonchev–Trinajstić information content (AvgIpc) is 0.722. The molecule has 0 saturated heterocycles. The Hall–Kier alpha value is 1.86. The van der Waals surface area contributed by atoms with Crippen molar-refractivity contribution < 1.29 is 45.4 Å². The van der Waals surface area contributed by atoms with Crippen molar-refractivity contribution in [3.63, 3.8) is 0 Å². The molecule has 0 aliphatic carbocycles. The fourth-order valence-corrected chi connectivity index (χ4v) is 0. The quantitative estimate of drug-likeness (QED) is 0.320. The van der Waals surface area contributed by atoms with Gasteiger partial charge in [-0.1, -0.05) is 0 Å². The van der Waals surface area contributed by atoms with E-state index in [2.05, 4.69) is 0 Å². The zero-order valence-electron chi connectivity index (χ0n) is 3.50. The fraction of sp³-hybridized carbons (Fsp3) is 0. The van der Waals surface area contributed by atoms with Gasteiger partial charge in [0.25, 0.3) is 0 Å². The van der Waals surface area contributed by atoms with Crippen molar-refractivity contribution in [2.24, 2.45) is 0 Å². The zero-order chi connectivity index (χ0) is 4.50. The Bertz CT molecular complexity index is 27.2. The van der Waals surface area contributed by atoms with Gasteiger partial charge in [-0.25, -0.2) is 0 Å². The Morgan fingerprint density at radius 2 is 0.857 bits per heavy atom. The molecule has 0 aliphatic rings. The number of rotatable bonds is 0. The molecule has 4 nitrogen and oxygen atoms in total. The van der Waals surface area contributed by atoms with Crippen molar-refractivity contribution in [3.05, 3.63) is 0 Å². The molecule has 7 heteroatoms. The smallest absolute Gasteiger partial charge is 0 e. The van der Waals surface area contributed by atoms with Crippen LogP contribution in [-0.2, 0) is 26.2 Å². The van der Waals surface area contributed by atoms with Crippen LogP contribution in [0.1, 0.15) is 0 Å². The molecule has 4 N–H and O–H groups in total. The minimum Gasteiger partial charge on any atom is 0 e. The molecule has 0 spiro atoms. The molecule has 7 heavy (non-hydrogen) atoms. The van der Waals surface area contributed by atoms with Gasteiger partial charge in [0, 0.05) is 26.2 Å². The standard InChI is InChI=1S/H4O4Si.Pb.Zr.2H/c1-5(2,3)4;;;;/h1-4H;;;;. The van der Waals surface area contributed by atoms with Crippen LogP contribution >= 0.6 is 0 Å². The molecule has 0 bridgehead atoms. The summed E-state index contributed by atoms with van der Waals surface area (Å²) in [4.78, 5) is 29.3. The average molecular weight is 397 g/mol. The van der Waals surface area contributed by atoms with E-state index in [4.69, 9.17) is 19.2 Å². The predicted octanol–water partition coefficient (Wildman–Crippen LogP) is -3.53. The summed E-state index contributed by atoms with van der Waals surface area (Å²) in [6, 6.07) is 0. The molecule has 0 saturated carbocycles. The van der Waals surface area contributed by atoms with Crippen LogP contribution in [0.25, 0.3) is 0 Å². The molecular weight excluding hydrogens is 391 g/mol. The van der Waals surface area contributed by atoms with Gasteiger partial charge in [-0.15, -0.1) is 0 Å². The van der Waals surface area contributed by atoms with E-state index in [-0.39, 0.29) is 53.5 Å². The van der Waals surface area contributed by atoms with Crippen LogP contribution in [0.3, 0.4) is 0 Å². The van der Waals surface area contributed by atoms with E-state index >= 15 is 0 Å². The second-order valence-electron chi connectivity index (χ2n) is 0.600. The van der Waals surface area contributed by atoms with Crippen LogP contribution in [0.15, 0.2) is 0 Å². The first kappa shape index (κ1) is 15.9. The molecular formula is H6O4PbSiZr. The third-order valence-electron chi connectivity index (χ3n) is 0. The van der Waals surface area contributed by atoms with Crippen LogP contribution in [-0.4, -0.2) is 55.5 Å². The van der Waals surface area contributed by atoms with Crippen molar-refractivity contribution in [2.75, 3.05) is 0 Å². The summed E-state index contributed by atoms with van der Waals surface area (Å²) in [6.07, 6.45) is 0. The molecule has 0 aromatic rings. The van der Waals surface area contributed by atoms with Gasteiger partial charge in [0.05, 0.1) is 0 Å². The van der Waals surface area contributed by atoms with E-state index in [9.17, 15) is 0 Å². The zero-order valence-corrected chi connectivity index (χ0v) is 12.5. The summed E-state index contributed by atoms with van der Waals surface area (Å²) >= 11 is 0. The van der Waals surface area contributed by atoms with E-state index in [0.29, 0.717) is 0 Å². The van der Waals surface area contributed by atoms with Crippen molar-refractivity contribution >= 4 is 36.3 Å². The van der Waals surface area contributed by atoms with E-state index in [1.165, 1.54) is 0 Å². The van der Waals surface area contributed by atoms with Gasteiger partial charge in [0.1, 0.15) is 0 Å². The Labute approximate surface area is 81.0 Å². The second kappa shape index (κ2) is 5.99. The van der Waals surface area contributed by atoms with E-state index in [1.807, 2.05) is 0 Å². The Kier molecular flexibility index (Phi) is 13.6. The molecule has 0 rings (SSSR count). The maximum absolute atomic E-state index is 7.33. The molecule has 0 fully saturated rings. The molecule has 0 heterocycles. The largest absolute Gasteiger partial charge is 0 e. The van der Waals surface area contributed by atoms with Crippen LogP contribution in [0, 0.1) is 0 Å². The van der Waals surface area contributed by atoms with E-state index in [1.54, 1.807) is 0 Å². The maximum Gasteiger partial charge on any atom is 0 e. The van der Waals surface area contributed by atoms with Crippen LogP contribution in [0.5, 0.6) is 0 Å². The van der Waals surface area contributed by atoms with Gasteiger partial charge >= 0.3 is 36.3 Å². The Balaban J connectivity index is -0.0000000800. The van der Waals surface area contributed by atoms with Gasteiger partial charge in [0.2, 0.25) is 0 Å². The molecule has 0 aromatic carbocycles. The molecule has 0 unspecified atom stereocenters. The first-order valence-corrected chi connectivity index (χ1v) is 2.68. The molecule has 0 atom stereocenters. The maximum atomic E-state index is 7.33. The van der Waals surface area contributed by atoms with Gasteiger partial charge in [-0.3, -0.25) is 0 Å². The van der Waals surface area contributed by atoms with Crippen molar-refractivity contribution in [1.82, 2.24) is 0 Å². The second-order valence-corrected chi connectivity index (χ2v) is 1.80. The molecule has 42 valence electrons. The van der Waals surface area contributed by atoms with Gasteiger partial charge in [-0.05, 0) is 0 Å². The Morgan fingerprint density at radius 1 is 0.857 bits per heavy atom. The number of hydrogen-bond acceptors (Lipinski definition) is 4. The minimum absolute atomic E-state index is 0. The summed E-state index contributed by atoms with van der Waals surface area (Å²) in [5.41, 5.74) is 0. The molecule has 0 aromatic heterocycles. The molecule has 2 radical (unpaired) electrons. The van der Waals surface area contributed by atoms with Crippen molar-refractivity contribution in [1.29, 1.82) is 0 Å². The normalized spacial score (nSPS) is 8.57. The van der Waals surface area contributed by atoms with Crippen molar-refractivity contribution in [3.8, 4) is 0 Å². The monoisotopic (exact) mass is 396 g/mol. The summed E-state index contributed by atoms with van der Waals surface area (Å²) in [7, 11) is -4.61. The third kappa shape index (κ3) is 77.9. The van der Waals surface area contributed by atoms with E-state index in [0.717, 1.165) is 0 Å². The SMILES string of the molecule is O[Si](O)(O)O.[PbH2].[Zr]. The first-order chi connectivity index (χ1) is 2.00. The summed E-state index contributed by atoms with van der Waals surface area (Å²) in [5.74, 6) is 0. The minimum atomic E-state index is -4.61. The first-order valence-electron chi connectivity index (χ1n) is 0.894. The summed E-state index contributed by atoms with van der Waals surface area (Å²) < 4.78 is 0. The van der Waals surface area contributed by atoms with E-state index < -0.39 is 9.05 Å². The van der Waals surface area contributed by atoms with Gasteiger partial charge in [-0.2, -0.15) is 0 Å². The molecule has 0 amide bonds. The van der Waals surface area contributed by atoms with Crippen LogP contribution in [0.4, 0.5) is 0 Å². The third-order valence-corrected chi connectivity index (χ3v) is 0. The van der Waals surface area contributed by atoms with Gasteiger partial charge < -0.3 is 19.2 Å². The summed E-state index contributed by atoms with van der Waals surface area (Å²) in [5, 5.41) is 0. The van der Waals surface area contributed by atoms with Gasteiger partial charge in [0.15, 0.2) is 0 Å². The summed E-state index contributed by atoms with van der Waals surface area (Å²) in [6.45, 7) is 0. The fourth-order valence-electron chi connectivity index (χ4n) is 0. The Morgan fingerprint density at radius 3 is 0.857 bits per heavy atom. The molecule has 0 aliphatic heterocycles. The predicted molar refractivity (Wildman–Crippen MR) is 23.2 cm³/mol. The number of hydrogen-bond donors (Lipinski definition) is 4. The van der Waals surface area contributed by atoms with Crippen molar-refractivity contribution in [2.45, 2.75) is 0 Å².